The summed E-state index contributed by atoms with van der Waals surface area (Å²) in [6.07, 6.45) is 1.25. The summed E-state index contributed by atoms with van der Waals surface area (Å²) in [4.78, 5) is 11.1. The molecule has 0 saturated heterocycles. The van der Waals surface area contributed by atoms with Crippen molar-refractivity contribution in [2.75, 3.05) is 20.3 Å². The normalized spacial score (nSPS) is 9.93. The third-order valence-electron chi connectivity index (χ3n) is 1.92. The Hall–Kier alpha value is -1.35. The molecule has 82 valence electrons. The van der Waals surface area contributed by atoms with Crippen LogP contribution in [-0.2, 0) is 9.53 Å². The molecule has 0 fully saturated rings. The minimum Gasteiger partial charge on any atom is -0.494 e. The van der Waals surface area contributed by atoms with Crippen LogP contribution in [0.1, 0.15) is 12.8 Å². The van der Waals surface area contributed by atoms with Gasteiger partial charge in [-0.05, 0) is 18.6 Å². The van der Waals surface area contributed by atoms with Crippen molar-refractivity contribution in [1.29, 1.82) is 0 Å². The zero-order valence-electron chi connectivity index (χ0n) is 8.94. The summed E-state index contributed by atoms with van der Waals surface area (Å²) in [7, 11) is 1.53. The first-order valence-corrected chi connectivity index (χ1v) is 5.01. The Kier molecular flexibility index (Phi) is 5.48. The second kappa shape index (κ2) is 7.01. The number of para-hydroxylation sites is 1. The average molecular weight is 208 g/mol. The van der Waals surface area contributed by atoms with E-state index in [9.17, 15) is 4.79 Å². The molecule has 0 heterocycles. The predicted octanol–water partition coefficient (Wildman–Crippen LogP) is 2.06. The van der Waals surface area contributed by atoms with Crippen molar-refractivity contribution in [3.63, 3.8) is 0 Å². The van der Waals surface area contributed by atoms with Gasteiger partial charge >= 0.3 is 0 Å². The molecule has 15 heavy (non-hydrogen) atoms. The summed E-state index contributed by atoms with van der Waals surface area (Å²) in [6, 6.07) is 9.58. The second-order valence-electron chi connectivity index (χ2n) is 3.24. The minimum absolute atomic E-state index is 0.120. The molecule has 1 rings (SSSR count). The molecule has 1 aromatic rings. The van der Waals surface area contributed by atoms with Crippen LogP contribution < -0.4 is 4.74 Å². The van der Waals surface area contributed by atoms with Crippen molar-refractivity contribution in [3.05, 3.63) is 30.3 Å². The van der Waals surface area contributed by atoms with Crippen LogP contribution in [0.4, 0.5) is 0 Å². The van der Waals surface area contributed by atoms with Gasteiger partial charge in [-0.3, -0.25) is 4.79 Å². The highest BCUT2D eigenvalue weighted by atomic mass is 16.5. The highest BCUT2D eigenvalue weighted by Crippen LogP contribution is 2.08. The molecule has 0 bridgehead atoms. The van der Waals surface area contributed by atoms with Crippen molar-refractivity contribution in [3.8, 4) is 5.75 Å². The number of methoxy groups -OCH3 is 1. The van der Waals surface area contributed by atoms with Crippen molar-refractivity contribution >= 4 is 5.78 Å². The lowest BCUT2D eigenvalue weighted by Gasteiger charge is -2.04. The molecule has 0 saturated carbocycles. The lowest BCUT2D eigenvalue weighted by atomic mass is 10.2. The largest absolute Gasteiger partial charge is 0.494 e. The first-order valence-electron chi connectivity index (χ1n) is 5.01. The van der Waals surface area contributed by atoms with Gasteiger partial charge in [-0.1, -0.05) is 18.2 Å². The lowest BCUT2D eigenvalue weighted by molar-refractivity contribution is -0.122. The van der Waals surface area contributed by atoms with Crippen LogP contribution in [0.15, 0.2) is 30.3 Å². The fraction of sp³-hybridized carbons (Fsp3) is 0.417. The van der Waals surface area contributed by atoms with Crippen LogP contribution in [-0.4, -0.2) is 26.1 Å². The minimum atomic E-state index is 0.120. The van der Waals surface area contributed by atoms with Crippen molar-refractivity contribution in [1.82, 2.24) is 0 Å². The number of hydrogen-bond acceptors (Lipinski definition) is 3. The summed E-state index contributed by atoms with van der Waals surface area (Å²) in [5.74, 6) is 0.964. The molecule has 0 atom stereocenters. The molecule has 0 spiro atoms. The Labute approximate surface area is 90.0 Å². The number of ether oxygens (including phenoxy) is 2. The number of benzene rings is 1. The van der Waals surface area contributed by atoms with E-state index in [0.29, 0.717) is 13.0 Å². The van der Waals surface area contributed by atoms with Crippen LogP contribution in [0.2, 0.25) is 0 Å². The SMILES string of the molecule is COCC(=O)CCCOc1ccccc1. The molecule has 0 aliphatic carbocycles. The first kappa shape index (κ1) is 11.7. The second-order valence-corrected chi connectivity index (χ2v) is 3.24. The molecule has 3 heteroatoms. The number of rotatable bonds is 7. The maximum atomic E-state index is 11.1. The molecule has 0 amide bonds. The molecular weight excluding hydrogens is 192 g/mol. The highest BCUT2D eigenvalue weighted by molar-refractivity contribution is 5.79. The number of hydrogen-bond donors (Lipinski definition) is 0. The third-order valence-corrected chi connectivity index (χ3v) is 1.92. The topological polar surface area (TPSA) is 35.5 Å². The van der Waals surface area contributed by atoms with Gasteiger partial charge in [0, 0.05) is 13.5 Å². The van der Waals surface area contributed by atoms with E-state index in [0.717, 1.165) is 12.2 Å². The Balaban J connectivity index is 2.10. The van der Waals surface area contributed by atoms with Gasteiger partial charge in [-0.15, -0.1) is 0 Å². The molecule has 0 aromatic heterocycles. The standard InChI is InChI=1S/C12H16O3/c1-14-10-11(13)6-5-9-15-12-7-3-2-4-8-12/h2-4,7-8H,5-6,9-10H2,1H3. The molecule has 3 nitrogen and oxygen atoms in total. The summed E-state index contributed by atoms with van der Waals surface area (Å²) < 4.78 is 10.2. The first-order chi connectivity index (χ1) is 7.33. The number of Topliss-reactive ketones (excluding diaryl/α,β-unsaturated/α-hetero) is 1. The highest BCUT2D eigenvalue weighted by Gasteiger charge is 2.00. The van der Waals surface area contributed by atoms with Crippen LogP contribution in [0.5, 0.6) is 5.75 Å². The molecule has 0 aliphatic heterocycles. The van der Waals surface area contributed by atoms with E-state index >= 15 is 0 Å². The van der Waals surface area contributed by atoms with Crippen molar-refractivity contribution in [2.45, 2.75) is 12.8 Å². The maximum Gasteiger partial charge on any atom is 0.158 e. The monoisotopic (exact) mass is 208 g/mol. The van der Waals surface area contributed by atoms with Gasteiger partial charge in [0.15, 0.2) is 5.78 Å². The molecule has 0 N–H and O–H groups in total. The third kappa shape index (κ3) is 5.18. The predicted molar refractivity (Wildman–Crippen MR) is 58.1 cm³/mol. The van der Waals surface area contributed by atoms with Crippen LogP contribution in [0.25, 0.3) is 0 Å². The van der Waals surface area contributed by atoms with E-state index in [2.05, 4.69) is 0 Å². The molecule has 1 aromatic carbocycles. The fourth-order valence-corrected chi connectivity index (χ4v) is 1.21. The summed E-state index contributed by atoms with van der Waals surface area (Å²) in [5, 5.41) is 0. The Morgan fingerprint density at radius 2 is 2.00 bits per heavy atom. The smallest absolute Gasteiger partial charge is 0.158 e. The Morgan fingerprint density at radius 3 is 2.67 bits per heavy atom. The summed E-state index contributed by atoms with van der Waals surface area (Å²) >= 11 is 0. The van der Waals surface area contributed by atoms with Crippen molar-refractivity contribution in [2.24, 2.45) is 0 Å². The van der Waals surface area contributed by atoms with Gasteiger partial charge in [0.1, 0.15) is 12.4 Å². The number of carbonyl (C=O) groups excluding carboxylic acids is 1. The summed E-state index contributed by atoms with van der Waals surface area (Å²) in [6.45, 7) is 0.769. The Bertz CT molecular complexity index is 282. The van der Waals surface area contributed by atoms with Gasteiger partial charge in [0.2, 0.25) is 0 Å². The van der Waals surface area contributed by atoms with E-state index in [1.165, 1.54) is 7.11 Å². The fourth-order valence-electron chi connectivity index (χ4n) is 1.21. The van der Waals surface area contributed by atoms with E-state index in [1.54, 1.807) is 0 Å². The van der Waals surface area contributed by atoms with Gasteiger partial charge in [-0.25, -0.2) is 0 Å². The summed E-state index contributed by atoms with van der Waals surface area (Å²) in [5.41, 5.74) is 0. The quantitative estimate of drug-likeness (QED) is 0.643. The maximum absolute atomic E-state index is 11.1. The zero-order valence-corrected chi connectivity index (χ0v) is 8.94. The van der Waals surface area contributed by atoms with E-state index in [4.69, 9.17) is 9.47 Å². The lowest BCUT2D eigenvalue weighted by Crippen LogP contribution is -2.08. The molecule has 0 radical (unpaired) electrons. The van der Waals surface area contributed by atoms with Gasteiger partial charge < -0.3 is 9.47 Å². The van der Waals surface area contributed by atoms with E-state index < -0.39 is 0 Å². The van der Waals surface area contributed by atoms with Crippen LogP contribution >= 0.6 is 0 Å². The van der Waals surface area contributed by atoms with Gasteiger partial charge in [0.25, 0.3) is 0 Å². The molecule has 0 unspecified atom stereocenters. The van der Waals surface area contributed by atoms with Crippen LogP contribution in [0, 0.1) is 0 Å². The van der Waals surface area contributed by atoms with Crippen molar-refractivity contribution < 1.29 is 14.3 Å². The van der Waals surface area contributed by atoms with E-state index in [-0.39, 0.29) is 12.4 Å². The van der Waals surface area contributed by atoms with E-state index in [1.807, 2.05) is 30.3 Å². The van der Waals surface area contributed by atoms with Crippen LogP contribution in [0.3, 0.4) is 0 Å². The average Bonchev–Trinajstić information content (AvgIpc) is 2.26. The molecular formula is C12H16O3. The van der Waals surface area contributed by atoms with Gasteiger partial charge in [-0.2, -0.15) is 0 Å². The number of carbonyl (C=O) groups is 1. The number of ketones is 1. The Morgan fingerprint density at radius 1 is 1.27 bits per heavy atom. The zero-order chi connectivity index (χ0) is 10.9. The molecule has 0 aliphatic rings. The van der Waals surface area contributed by atoms with Gasteiger partial charge in [0.05, 0.1) is 6.61 Å².